The first kappa shape index (κ1) is 25.8. The fourth-order valence-corrected chi connectivity index (χ4v) is 3.50. The molecule has 2 aromatic carbocycles. The molecule has 8 heteroatoms. The van der Waals surface area contributed by atoms with Gasteiger partial charge in [-0.15, -0.1) is 0 Å². The van der Waals surface area contributed by atoms with Crippen LogP contribution in [0.2, 0.25) is 0 Å². The maximum Gasteiger partial charge on any atom is 0.322 e. The highest BCUT2D eigenvalue weighted by Crippen LogP contribution is 2.26. The van der Waals surface area contributed by atoms with E-state index in [1.165, 1.54) is 4.90 Å². The Balaban J connectivity index is 1.79. The molecule has 186 valence electrons. The van der Waals surface area contributed by atoms with Gasteiger partial charge in [0.1, 0.15) is 18.1 Å². The second-order valence-corrected chi connectivity index (χ2v) is 9.37. The zero-order valence-corrected chi connectivity index (χ0v) is 21.2. The van der Waals surface area contributed by atoms with E-state index in [-0.39, 0.29) is 23.9 Å². The molecule has 0 fully saturated rings. The Labute approximate surface area is 207 Å². The van der Waals surface area contributed by atoms with E-state index in [0.29, 0.717) is 23.8 Å². The Morgan fingerprint density at radius 1 is 1.03 bits per heavy atom. The van der Waals surface area contributed by atoms with Crippen LogP contribution in [0, 0.1) is 0 Å². The molecular formula is C27H35N5O3. The topological polar surface area (TPSA) is 88.5 Å². The minimum atomic E-state index is -0.356. The number of para-hydroxylation sites is 3. The number of unbranched alkanes of at least 4 members (excludes halogenated alkanes) is 1. The van der Waals surface area contributed by atoms with Gasteiger partial charge in [0.2, 0.25) is 5.91 Å². The third kappa shape index (κ3) is 6.85. The van der Waals surface area contributed by atoms with Crippen molar-refractivity contribution in [3.8, 4) is 11.4 Å². The fraction of sp³-hybridized carbons (Fsp3) is 0.370. The van der Waals surface area contributed by atoms with Crippen LogP contribution in [0.1, 0.15) is 46.2 Å². The molecule has 8 nitrogen and oxygen atoms in total. The monoisotopic (exact) mass is 477 g/mol. The number of anilines is 2. The Hall–Kier alpha value is -3.81. The van der Waals surface area contributed by atoms with Crippen molar-refractivity contribution in [2.45, 2.75) is 46.0 Å². The van der Waals surface area contributed by atoms with Crippen molar-refractivity contribution >= 4 is 23.4 Å². The van der Waals surface area contributed by atoms with E-state index in [1.807, 2.05) is 55.5 Å². The highest BCUT2D eigenvalue weighted by molar-refractivity contribution is 5.97. The lowest BCUT2D eigenvalue weighted by Crippen LogP contribution is -2.41. The van der Waals surface area contributed by atoms with Gasteiger partial charge in [-0.25, -0.2) is 9.48 Å². The zero-order valence-electron chi connectivity index (χ0n) is 21.2. The van der Waals surface area contributed by atoms with Crippen molar-refractivity contribution in [2.24, 2.45) is 0 Å². The van der Waals surface area contributed by atoms with E-state index in [1.54, 1.807) is 23.9 Å². The number of aromatic nitrogens is 2. The van der Waals surface area contributed by atoms with Crippen LogP contribution in [0.3, 0.4) is 0 Å². The van der Waals surface area contributed by atoms with Crippen LogP contribution in [0.5, 0.6) is 5.75 Å². The molecule has 3 aromatic rings. The quantitative estimate of drug-likeness (QED) is 0.429. The summed E-state index contributed by atoms with van der Waals surface area (Å²) < 4.78 is 7.06. The Kier molecular flexibility index (Phi) is 8.52. The summed E-state index contributed by atoms with van der Waals surface area (Å²) in [4.78, 5) is 27.7. The number of ether oxygens (including phenoxy) is 1. The van der Waals surface area contributed by atoms with Crippen molar-refractivity contribution in [1.82, 2.24) is 14.7 Å². The summed E-state index contributed by atoms with van der Waals surface area (Å²) in [7, 11) is 1.55. The van der Waals surface area contributed by atoms with Crippen molar-refractivity contribution < 1.29 is 14.3 Å². The molecule has 0 aliphatic carbocycles. The third-order valence-electron chi connectivity index (χ3n) is 5.50. The SMILES string of the molecule is CCCCN(CC(=O)Nc1cc(C(C)(C)C)nn1-c1ccccc1)C(=O)Nc1ccccc1OC. The molecule has 2 N–H and O–H groups in total. The van der Waals surface area contributed by atoms with Crippen LogP contribution in [-0.2, 0) is 10.2 Å². The second kappa shape index (κ2) is 11.6. The van der Waals surface area contributed by atoms with E-state index in [2.05, 4.69) is 31.4 Å². The van der Waals surface area contributed by atoms with Crippen molar-refractivity contribution in [3.63, 3.8) is 0 Å². The third-order valence-corrected chi connectivity index (χ3v) is 5.50. The Morgan fingerprint density at radius 3 is 2.37 bits per heavy atom. The number of hydrogen-bond donors (Lipinski definition) is 2. The molecule has 3 rings (SSSR count). The maximum atomic E-state index is 13.1. The number of carbonyl (C=O) groups is 2. The van der Waals surface area contributed by atoms with Crippen molar-refractivity contribution in [3.05, 3.63) is 66.4 Å². The van der Waals surface area contributed by atoms with Crippen LogP contribution in [0.15, 0.2) is 60.7 Å². The molecule has 0 saturated heterocycles. The van der Waals surface area contributed by atoms with E-state index in [0.717, 1.165) is 24.2 Å². The summed E-state index contributed by atoms with van der Waals surface area (Å²) in [6, 6.07) is 18.4. The van der Waals surface area contributed by atoms with Gasteiger partial charge in [0.05, 0.1) is 24.2 Å². The number of nitrogens with one attached hydrogen (secondary N) is 2. The molecule has 0 aliphatic heterocycles. The molecule has 1 heterocycles. The van der Waals surface area contributed by atoms with Gasteiger partial charge in [-0.05, 0) is 30.7 Å². The zero-order chi connectivity index (χ0) is 25.4. The van der Waals surface area contributed by atoms with Gasteiger partial charge < -0.3 is 20.3 Å². The molecule has 0 unspecified atom stereocenters. The van der Waals surface area contributed by atoms with Crippen LogP contribution >= 0.6 is 0 Å². The standard InChI is InChI=1S/C27H35N5O3/c1-6-7-17-31(26(34)28-21-15-11-12-16-22(21)35-5)19-25(33)29-24-18-23(27(2,3)4)30-32(24)20-13-9-8-10-14-20/h8-16,18H,6-7,17,19H2,1-5H3,(H,28,34)(H,29,33). The molecule has 0 bridgehead atoms. The van der Waals surface area contributed by atoms with E-state index >= 15 is 0 Å². The van der Waals surface area contributed by atoms with Gasteiger partial charge in [0, 0.05) is 18.0 Å². The van der Waals surface area contributed by atoms with E-state index < -0.39 is 0 Å². The minimum absolute atomic E-state index is 0.0915. The number of methoxy groups -OCH3 is 1. The normalized spacial score (nSPS) is 11.1. The lowest BCUT2D eigenvalue weighted by atomic mass is 9.92. The lowest BCUT2D eigenvalue weighted by molar-refractivity contribution is -0.116. The Morgan fingerprint density at radius 2 is 1.71 bits per heavy atom. The second-order valence-electron chi connectivity index (χ2n) is 9.37. The summed E-state index contributed by atoms with van der Waals surface area (Å²) in [5.41, 5.74) is 2.06. The van der Waals surface area contributed by atoms with Crippen LogP contribution in [0.4, 0.5) is 16.3 Å². The van der Waals surface area contributed by atoms with Crippen molar-refractivity contribution in [1.29, 1.82) is 0 Å². The fourth-order valence-electron chi connectivity index (χ4n) is 3.50. The predicted molar refractivity (Wildman–Crippen MR) is 139 cm³/mol. The highest BCUT2D eigenvalue weighted by atomic mass is 16.5. The number of carbonyl (C=O) groups excluding carboxylic acids is 2. The van der Waals surface area contributed by atoms with Crippen molar-refractivity contribution in [2.75, 3.05) is 30.8 Å². The van der Waals surface area contributed by atoms with Crippen LogP contribution < -0.4 is 15.4 Å². The number of nitrogens with zero attached hydrogens (tertiary/aromatic N) is 3. The summed E-state index contributed by atoms with van der Waals surface area (Å²) in [6.45, 7) is 8.63. The first-order valence-electron chi connectivity index (χ1n) is 11.9. The first-order valence-corrected chi connectivity index (χ1v) is 11.9. The molecule has 0 aliphatic rings. The van der Waals surface area contributed by atoms with Gasteiger partial charge >= 0.3 is 6.03 Å². The average molecular weight is 478 g/mol. The molecule has 0 saturated carbocycles. The molecule has 1 aromatic heterocycles. The van der Waals surface area contributed by atoms with E-state index in [9.17, 15) is 9.59 Å². The predicted octanol–water partition coefficient (Wildman–Crippen LogP) is 5.45. The van der Waals surface area contributed by atoms with Gasteiger partial charge in [-0.3, -0.25) is 4.79 Å². The molecule has 0 spiro atoms. The smallest absolute Gasteiger partial charge is 0.322 e. The number of amides is 3. The summed E-state index contributed by atoms with van der Waals surface area (Å²) in [5, 5.41) is 10.6. The Bertz CT molecular complexity index is 1140. The minimum Gasteiger partial charge on any atom is -0.495 e. The summed E-state index contributed by atoms with van der Waals surface area (Å²) in [6.07, 6.45) is 1.68. The van der Waals surface area contributed by atoms with Gasteiger partial charge in [0.15, 0.2) is 0 Å². The number of benzene rings is 2. The highest BCUT2D eigenvalue weighted by Gasteiger charge is 2.23. The molecule has 0 atom stereocenters. The summed E-state index contributed by atoms with van der Waals surface area (Å²) >= 11 is 0. The molecule has 3 amide bonds. The molecular weight excluding hydrogens is 442 g/mol. The number of urea groups is 1. The average Bonchev–Trinajstić information content (AvgIpc) is 3.26. The van der Waals surface area contributed by atoms with Crippen LogP contribution in [0.25, 0.3) is 5.69 Å². The molecule has 35 heavy (non-hydrogen) atoms. The maximum absolute atomic E-state index is 13.1. The first-order chi connectivity index (χ1) is 16.7. The molecule has 0 radical (unpaired) electrons. The van der Waals surface area contributed by atoms with Gasteiger partial charge in [-0.2, -0.15) is 5.10 Å². The van der Waals surface area contributed by atoms with E-state index in [4.69, 9.17) is 9.84 Å². The summed E-state index contributed by atoms with van der Waals surface area (Å²) in [5.74, 6) is 0.822. The largest absolute Gasteiger partial charge is 0.495 e. The van der Waals surface area contributed by atoms with Gasteiger partial charge in [-0.1, -0.05) is 64.4 Å². The number of rotatable bonds is 9. The van der Waals surface area contributed by atoms with Gasteiger partial charge in [0.25, 0.3) is 0 Å². The number of hydrogen-bond acceptors (Lipinski definition) is 4. The lowest BCUT2D eigenvalue weighted by Gasteiger charge is -2.23. The van der Waals surface area contributed by atoms with Crippen LogP contribution in [-0.4, -0.2) is 46.8 Å².